The molecular weight excluding hydrogens is 232 g/mol. The van der Waals surface area contributed by atoms with Gasteiger partial charge in [-0.2, -0.15) is 5.26 Å². The number of oxazole rings is 1. The fourth-order valence-electron chi connectivity index (χ4n) is 1.37. The molecule has 18 heavy (non-hydrogen) atoms. The molecule has 0 bridgehead atoms. The fourth-order valence-corrected chi connectivity index (χ4v) is 1.37. The zero-order chi connectivity index (χ0) is 13.0. The first-order valence-electron chi connectivity index (χ1n) is 5.19. The second-order valence-electron chi connectivity index (χ2n) is 3.47. The molecule has 6 nitrogen and oxygen atoms in total. The Morgan fingerprint density at radius 1 is 1.56 bits per heavy atom. The van der Waals surface area contributed by atoms with Crippen LogP contribution in [-0.2, 0) is 6.54 Å². The average molecular weight is 242 g/mol. The summed E-state index contributed by atoms with van der Waals surface area (Å²) >= 11 is 0. The van der Waals surface area contributed by atoms with Crippen molar-refractivity contribution in [2.45, 2.75) is 6.54 Å². The number of nitrogens with zero attached hydrogens (tertiary/aromatic N) is 2. The van der Waals surface area contributed by atoms with Crippen LogP contribution in [0.3, 0.4) is 0 Å². The third-order valence-electron chi connectivity index (χ3n) is 2.20. The maximum atomic E-state index is 11.8. The highest BCUT2D eigenvalue weighted by Gasteiger charge is 2.12. The zero-order valence-corrected chi connectivity index (χ0v) is 9.38. The number of nitrogens with two attached hydrogens (primary N) is 1. The molecule has 1 heterocycles. The number of carbonyl (C=O) groups excluding carboxylic acids is 1. The van der Waals surface area contributed by atoms with Crippen molar-refractivity contribution < 1.29 is 9.21 Å². The minimum atomic E-state index is -0.433. The summed E-state index contributed by atoms with van der Waals surface area (Å²) in [6.07, 6.45) is 1.31. The predicted molar refractivity (Wildman–Crippen MR) is 63.5 cm³/mol. The Morgan fingerprint density at radius 2 is 2.39 bits per heavy atom. The van der Waals surface area contributed by atoms with Gasteiger partial charge in [0.2, 0.25) is 11.7 Å². The number of nitrogens with one attached hydrogen (secondary N) is 1. The minimum Gasteiger partial charge on any atom is -0.434 e. The molecule has 1 amide bonds. The van der Waals surface area contributed by atoms with Gasteiger partial charge < -0.3 is 15.5 Å². The van der Waals surface area contributed by atoms with E-state index in [0.717, 1.165) is 0 Å². The van der Waals surface area contributed by atoms with Gasteiger partial charge in [-0.05, 0) is 18.2 Å². The number of hydrogen-bond acceptors (Lipinski definition) is 5. The molecule has 0 fully saturated rings. The van der Waals surface area contributed by atoms with Gasteiger partial charge in [-0.1, -0.05) is 6.07 Å². The van der Waals surface area contributed by atoms with Crippen LogP contribution in [-0.4, -0.2) is 10.9 Å². The van der Waals surface area contributed by atoms with Gasteiger partial charge in [0.05, 0.1) is 24.4 Å². The van der Waals surface area contributed by atoms with Crippen LogP contribution in [0.15, 0.2) is 34.9 Å². The predicted octanol–water partition coefficient (Wildman–Crippen LogP) is 1.26. The van der Waals surface area contributed by atoms with Crippen molar-refractivity contribution in [2.24, 2.45) is 5.73 Å². The average Bonchev–Trinajstić information content (AvgIpc) is 2.88. The highest BCUT2D eigenvalue weighted by molar-refractivity contribution is 6.02. The van der Waals surface area contributed by atoms with Crippen LogP contribution in [0.5, 0.6) is 0 Å². The molecule has 0 radical (unpaired) electrons. The molecule has 0 spiro atoms. The molecule has 0 saturated carbocycles. The molecule has 6 heteroatoms. The Bertz CT molecular complexity index is 613. The van der Waals surface area contributed by atoms with Crippen LogP contribution in [0.1, 0.15) is 22.0 Å². The largest absolute Gasteiger partial charge is 0.434 e. The van der Waals surface area contributed by atoms with Gasteiger partial charge in [-0.3, -0.25) is 4.79 Å². The van der Waals surface area contributed by atoms with E-state index in [1.807, 2.05) is 6.07 Å². The van der Waals surface area contributed by atoms with Crippen LogP contribution < -0.4 is 11.1 Å². The molecular formula is C12H10N4O2. The van der Waals surface area contributed by atoms with Gasteiger partial charge in [-0.15, -0.1) is 0 Å². The number of amides is 1. The van der Waals surface area contributed by atoms with Crippen molar-refractivity contribution in [2.75, 3.05) is 5.32 Å². The van der Waals surface area contributed by atoms with E-state index in [9.17, 15) is 4.79 Å². The molecule has 0 saturated heterocycles. The SMILES string of the molecule is N#Cc1cccc(NC(=O)c2cnc(CN)o2)c1. The summed E-state index contributed by atoms with van der Waals surface area (Å²) in [7, 11) is 0. The number of nitriles is 1. The third-order valence-corrected chi connectivity index (χ3v) is 2.20. The van der Waals surface area contributed by atoms with Crippen molar-refractivity contribution >= 4 is 11.6 Å². The summed E-state index contributed by atoms with van der Waals surface area (Å²) < 4.78 is 5.11. The number of aromatic nitrogens is 1. The monoisotopic (exact) mass is 242 g/mol. The highest BCUT2D eigenvalue weighted by atomic mass is 16.4. The number of carbonyl (C=O) groups is 1. The lowest BCUT2D eigenvalue weighted by Gasteiger charge is -2.02. The molecule has 0 aliphatic carbocycles. The van der Waals surface area contributed by atoms with Crippen LogP contribution in [0.4, 0.5) is 5.69 Å². The topological polar surface area (TPSA) is 105 Å². The van der Waals surface area contributed by atoms with Gasteiger partial charge in [-0.25, -0.2) is 4.98 Å². The number of hydrogen-bond donors (Lipinski definition) is 2. The summed E-state index contributed by atoms with van der Waals surface area (Å²) in [5.74, 6) is -0.0546. The lowest BCUT2D eigenvalue weighted by atomic mass is 10.2. The van der Waals surface area contributed by atoms with Gasteiger partial charge in [0.1, 0.15) is 0 Å². The third kappa shape index (κ3) is 2.53. The Labute approximate surface area is 103 Å². The van der Waals surface area contributed by atoms with E-state index < -0.39 is 5.91 Å². The summed E-state index contributed by atoms with van der Waals surface area (Å²) in [6, 6.07) is 8.57. The molecule has 1 aromatic heterocycles. The Hall–Kier alpha value is -2.65. The van der Waals surface area contributed by atoms with Gasteiger partial charge in [0, 0.05) is 5.69 Å². The van der Waals surface area contributed by atoms with E-state index in [0.29, 0.717) is 17.1 Å². The molecule has 2 rings (SSSR count). The molecule has 3 N–H and O–H groups in total. The molecule has 0 aliphatic rings. The fraction of sp³-hybridized carbons (Fsp3) is 0.0833. The standard InChI is InChI=1S/C12H10N4O2/c13-5-8-2-1-3-9(4-8)16-12(17)10-7-15-11(6-14)18-10/h1-4,7H,6,14H2,(H,16,17). The molecule has 0 atom stereocenters. The van der Waals surface area contributed by atoms with Crippen LogP contribution in [0.25, 0.3) is 0 Å². The zero-order valence-electron chi connectivity index (χ0n) is 9.38. The summed E-state index contributed by atoms with van der Waals surface area (Å²) in [5.41, 5.74) is 6.31. The second kappa shape index (κ2) is 5.12. The summed E-state index contributed by atoms with van der Waals surface area (Å²) in [5, 5.41) is 11.3. The lowest BCUT2D eigenvalue weighted by molar-refractivity contribution is 0.0995. The van der Waals surface area contributed by atoms with Crippen molar-refractivity contribution in [3.63, 3.8) is 0 Å². The van der Waals surface area contributed by atoms with Crippen LogP contribution in [0, 0.1) is 11.3 Å². The molecule has 0 unspecified atom stereocenters. The van der Waals surface area contributed by atoms with Gasteiger partial charge in [0.15, 0.2) is 0 Å². The minimum absolute atomic E-state index is 0.0813. The maximum Gasteiger partial charge on any atom is 0.293 e. The number of anilines is 1. The molecule has 0 aliphatic heterocycles. The number of benzene rings is 1. The van der Waals surface area contributed by atoms with Crippen molar-refractivity contribution in [3.8, 4) is 6.07 Å². The van der Waals surface area contributed by atoms with E-state index in [4.69, 9.17) is 15.4 Å². The van der Waals surface area contributed by atoms with E-state index in [-0.39, 0.29) is 12.3 Å². The van der Waals surface area contributed by atoms with Crippen molar-refractivity contribution in [1.29, 1.82) is 5.26 Å². The van der Waals surface area contributed by atoms with Crippen molar-refractivity contribution in [3.05, 3.63) is 47.7 Å². The Morgan fingerprint density at radius 3 is 3.06 bits per heavy atom. The highest BCUT2D eigenvalue weighted by Crippen LogP contribution is 2.12. The Kier molecular flexibility index (Phi) is 3.36. The second-order valence-corrected chi connectivity index (χ2v) is 3.47. The van der Waals surface area contributed by atoms with Gasteiger partial charge in [0.25, 0.3) is 5.91 Å². The van der Waals surface area contributed by atoms with E-state index in [1.54, 1.807) is 24.3 Å². The van der Waals surface area contributed by atoms with Crippen LogP contribution >= 0.6 is 0 Å². The quantitative estimate of drug-likeness (QED) is 0.842. The van der Waals surface area contributed by atoms with E-state index in [2.05, 4.69) is 10.3 Å². The summed E-state index contributed by atoms with van der Waals surface area (Å²) in [6.45, 7) is 0.136. The van der Waals surface area contributed by atoms with E-state index in [1.165, 1.54) is 6.20 Å². The molecule has 90 valence electrons. The van der Waals surface area contributed by atoms with Crippen LogP contribution in [0.2, 0.25) is 0 Å². The summed E-state index contributed by atoms with van der Waals surface area (Å²) in [4.78, 5) is 15.6. The first-order chi connectivity index (χ1) is 8.72. The smallest absolute Gasteiger partial charge is 0.293 e. The lowest BCUT2D eigenvalue weighted by Crippen LogP contribution is -2.11. The molecule has 1 aromatic carbocycles. The maximum absolute atomic E-state index is 11.8. The Balaban J connectivity index is 2.13. The van der Waals surface area contributed by atoms with Gasteiger partial charge >= 0.3 is 0 Å². The first kappa shape index (κ1) is 11.8. The normalized spacial score (nSPS) is 9.78. The number of rotatable bonds is 3. The van der Waals surface area contributed by atoms with Crippen molar-refractivity contribution in [1.82, 2.24) is 4.98 Å². The molecule has 2 aromatic rings. The first-order valence-corrected chi connectivity index (χ1v) is 5.19. The van der Waals surface area contributed by atoms with E-state index >= 15 is 0 Å².